The van der Waals surface area contributed by atoms with E-state index in [1.165, 1.54) is 27.1 Å². The Bertz CT molecular complexity index is 582. The molecule has 0 radical (unpaired) electrons. The SMILES string of the molecule is C.CC.Cc1c2ccccc2cc2ccccc12. The molecule has 0 aliphatic carbocycles. The highest BCUT2D eigenvalue weighted by molar-refractivity contribution is 6.01. The molecule has 0 saturated carbocycles. The van der Waals surface area contributed by atoms with Gasteiger partial charge in [0, 0.05) is 0 Å². The Labute approximate surface area is 110 Å². The third-order valence-corrected chi connectivity index (χ3v) is 3.04. The maximum Gasteiger partial charge on any atom is -0.0148 e. The van der Waals surface area contributed by atoms with Crippen molar-refractivity contribution in [2.24, 2.45) is 0 Å². The average Bonchev–Trinajstić information content (AvgIpc) is 2.41. The summed E-state index contributed by atoms with van der Waals surface area (Å²) in [6.07, 6.45) is 0. The number of rotatable bonds is 0. The molecule has 0 aromatic heterocycles. The van der Waals surface area contributed by atoms with E-state index in [0.29, 0.717) is 0 Å². The van der Waals surface area contributed by atoms with Crippen molar-refractivity contribution in [3.63, 3.8) is 0 Å². The molecular formula is C18H22. The van der Waals surface area contributed by atoms with Crippen LogP contribution in [0.1, 0.15) is 26.8 Å². The summed E-state index contributed by atoms with van der Waals surface area (Å²) in [6.45, 7) is 6.20. The Morgan fingerprint density at radius 2 is 1.06 bits per heavy atom. The maximum atomic E-state index is 2.26. The number of hydrogen-bond donors (Lipinski definition) is 0. The highest BCUT2D eigenvalue weighted by Crippen LogP contribution is 2.27. The quantitative estimate of drug-likeness (QED) is 0.424. The topological polar surface area (TPSA) is 0 Å². The van der Waals surface area contributed by atoms with Gasteiger partial charge in [-0.1, -0.05) is 69.8 Å². The number of benzene rings is 3. The summed E-state index contributed by atoms with van der Waals surface area (Å²) in [6, 6.07) is 19.4. The summed E-state index contributed by atoms with van der Waals surface area (Å²) >= 11 is 0. The van der Waals surface area contributed by atoms with Gasteiger partial charge in [-0.15, -0.1) is 0 Å². The molecule has 0 atom stereocenters. The first-order chi connectivity index (χ1) is 8.36. The van der Waals surface area contributed by atoms with Crippen LogP contribution in [0.2, 0.25) is 0 Å². The third-order valence-electron chi connectivity index (χ3n) is 3.04. The van der Waals surface area contributed by atoms with E-state index in [1.54, 1.807) is 0 Å². The Balaban J connectivity index is 0.000000516. The predicted octanol–water partition coefficient (Wildman–Crippen LogP) is 5.96. The molecule has 0 heterocycles. The van der Waals surface area contributed by atoms with E-state index in [0.717, 1.165) is 0 Å². The summed E-state index contributed by atoms with van der Waals surface area (Å²) in [5, 5.41) is 5.37. The van der Waals surface area contributed by atoms with Crippen LogP contribution in [0.3, 0.4) is 0 Å². The van der Waals surface area contributed by atoms with Crippen LogP contribution in [0.5, 0.6) is 0 Å². The second kappa shape index (κ2) is 6.20. The molecule has 0 bridgehead atoms. The highest BCUT2D eigenvalue weighted by atomic mass is 14.1. The second-order valence-corrected chi connectivity index (χ2v) is 3.94. The molecule has 0 unspecified atom stereocenters. The van der Waals surface area contributed by atoms with E-state index in [-0.39, 0.29) is 7.43 Å². The van der Waals surface area contributed by atoms with Crippen molar-refractivity contribution in [2.75, 3.05) is 0 Å². The van der Waals surface area contributed by atoms with Crippen LogP contribution in [-0.2, 0) is 0 Å². The van der Waals surface area contributed by atoms with Crippen LogP contribution in [-0.4, -0.2) is 0 Å². The van der Waals surface area contributed by atoms with Crippen LogP contribution >= 0.6 is 0 Å². The lowest BCUT2D eigenvalue weighted by Crippen LogP contribution is -1.81. The van der Waals surface area contributed by atoms with E-state index >= 15 is 0 Å². The molecule has 0 N–H and O–H groups in total. The van der Waals surface area contributed by atoms with Gasteiger partial charge in [0.05, 0.1) is 0 Å². The van der Waals surface area contributed by atoms with Gasteiger partial charge in [0.2, 0.25) is 0 Å². The zero-order valence-corrected chi connectivity index (χ0v) is 10.7. The van der Waals surface area contributed by atoms with Gasteiger partial charge < -0.3 is 0 Å². The lowest BCUT2D eigenvalue weighted by molar-refractivity contribution is 1.50. The molecule has 3 aromatic rings. The normalized spacial score (nSPS) is 9.50. The molecule has 0 fully saturated rings. The first-order valence-electron chi connectivity index (χ1n) is 6.23. The monoisotopic (exact) mass is 238 g/mol. The molecule has 0 nitrogen and oxygen atoms in total. The van der Waals surface area contributed by atoms with Gasteiger partial charge in [-0.3, -0.25) is 0 Å². The third kappa shape index (κ3) is 2.38. The van der Waals surface area contributed by atoms with Crippen molar-refractivity contribution >= 4 is 21.5 Å². The Kier molecular flexibility index (Phi) is 4.91. The second-order valence-electron chi connectivity index (χ2n) is 3.94. The Morgan fingerprint density at radius 3 is 1.50 bits per heavy atom. The van der Waals surface area contributed by atoms with E-state index in [1.807, 2.05) is 13.8 Å². The number of aryl methyl sites for hydroxylation is 1. The molecule has 0 heteroatoms. The predicted molar refractivity (Wildman–Crippen MR) is 84.3 cm³/mol. The van der Waals surface area contributed by atoms with Gasteiger partial charge in [0.25, 0.3) is 0 Å². The van der Waals surface area contributed by atoms with Gasteiger partial charge in [-0.05, 0) is 40.1 Å². The smallest absolute Gasteiger partial charge is 0.0148 e. The van der Waals surface area contributed by atoms with Gasteiger partial charge in [-0.25, -0.2) is 0 Å². The van der Waals surface area contributed by atoms with Crippen molar-refractivity contribution in [3.05, 3.63) is 60.2 Å². The van der Waals surface area contributed by atoms with E-state index in [9.17, 15) is 0 Å². The van der Waals surface area contributed by atoms with Crippen molar-refractivity contribution in [3.8, 4) is 0 Å². The fourth-order valence-electron chi connectivity index (χ4n) is 2.24. The van der Waals surface area contributed by atoms with E-state index in [2.05, 4.69) is 61.5 Å². The first-order valence-corrected chi connectivity index (χ1v) is 6.23. The van der Waals surface area contributed by atoms with Crippen LogP contribution in [0, 0.1) is 6.92 Å². The van der Waals surface area contributed by atoms with Crippen LogP contribution in [0.15, 0.2) is 54.6 Å². The van der Waals surface area contributed by atoms with Gasteiger partial charge in [0.15, 0.2) is 0 Å². The fourth-order valence-corrected chi connectivity index (χ4v) is 2.24. The van der Waals surface area contributed by atoms with Crippen LogP contribution in [0.25, 0.3) is 21.5 Å². The molecule has 3 aromatic carbocycles. The minimum Gasteiger partial charge on any atom is -0.0776 e. The van der Waals surface area contributed by atoms with Gasteiger partial charge in [0.1, 0.15) is 0 Å². The minimum absolute atomic E-state index is 0. The van der Waals surface area contributed by atoms with Gasteiger partial charge >= 0.3 is 0 Å². The molecule has 0 aliphatic heterocycles. The lowest BCUT2D eigenvalue weighted by Gasteiger charge is -2.06. The van der Waals surface area contributed by atoms with Crippen molar-refractivity contribution < 1.29 is 0 Å². The van der Waals surface area contributed by atoms with Crippen LogP contribution in [0.4, 0.5) is 0 Å². The van der Waals surface area contributed by atoms with E-state index in [4.69, 9.17) is 0 Å². The standard InChI is InChI=1S/C15H12.C2H6.CH4/c1-11-14-8-4-2-6-12(14)10-13-7-3-5-9-15(11)13;1-2;/h2-10H,1H3;1-2H3;1H4. The van der Waals surface area contributed by atoms with E-state index < -0.39 is 0 Å². The Hall–Kier alpha value is -1.82. The highest BCUT2D eigenvalue weighted by Gasteiger charge is 2.01. The summed E-state index contributed by atoms with van der Waals surface area (Å²) in [4.78, 5) is 0. The zero-order chi connectivity index (χ0) is 12.3. The van der Waals surface area contributed by atoms with Crippen molar-refractivity contribution in [1.82, 2.24) is 0 Å². The molecule has 18 heavy (non-hydrogen) atoms. The lowest BCUT2D eigenvalue weighted by atomic mass is 9.98. The van der Waals surface area contributed by atoms with Crippen molar-refractivity contribution in [2.45, 2.75) is 28.2 Å². The molecule has 0 amide bonds. The summed E-state index contributed by atoms with van der Waals surface area (Å²) < 4.78 is 0. The largest absolute Gasteiger partial charge is 0.0776 e. The van der Waals surface area contributed by atoms with Crippen molar-refractivity contribution in [1.29, 1.82) is 0 Å². The molecule has 0 saturated heterocycles. The average molecular weight is 238 g/mol. The summed E-state index contributed by atoms with van der Waals surface area (Å²) in [5.41, 5.74) is 1.38. The molecular weight excluding hydrogens is 216 g/mol. The summed E-state index contributed by atoms with van der Waals surface area (Å²) in [5.74, 6) is 0. The minimum atomic E-state index is 0. The van der Waals surface area contributed by atoms with Crippen LogP contribution < -0.4 is 0 Å². The first kappa shape index (κ1) is 14.2. The number of hydrogen-bond acceptors (Lipinski definition) is 0. The number of fused-ring (bicyclic) bond motifs is 2. The summed E-state index contributed by atoms with van der Waals surface area (Å²) in [7, 11) is 0. The molecule has 94 valence electrons. The fraction of sp³-hybridized carbons (Fsp3) is 0.222. The maximum absolute atomic E-state index is 2.26. The molecule has 3 rings (SSSR count). The zero-order valence-electron chi connectivity index (χ0n) is 10.7. The Morgan fingerprint density at radius 1 is 0.667 bits per heavy atom. The molecule has 0 aliphatic rings. The molecule has 0 spiro atoms. The van der Waals surface area contributed by atoms with Gasteiger partial charge in [-0.2, -0.15) is 0 Å².